The van der Waals surface area contributed by atoms with Gasteiger partial charge in [-0.15, -0.1) is 10.2 Å². The fourth-order valence-electron chi connectivity index (χ4n) is 1.84. The molecule has 3 N–H and O–H groups in total. The number of tetrazole rings is 1. The van der Waals surface area contributed by atoms with Crippen molar-refractivity contribution in [2.75, 3.05) is 0 Å². The molecule has 0 spiro atoms. The maximum Gasteiger partial charge on any atom is 0.338 e. The van der Waals surface area contributed by atoms with Crippen LogP contribution in [-0.2, 0) is 4.79 Å². The molecule has 10 heteroatoms. The Bertz CT molecular complexity index is 784. The van der Waals surface area contributed by atoms with E-state index in [1.54, 1.807) is 6.07 Å². The SMILES string of the molecule is O=C(O)C(O)c1c(-c2nn[nH]n2)nc2cc(Cl)ccn12. The number of aliphatic carboxylic acids is 1. The van der Waals surface area contributed by atoms with Gasteiger partial charge in [0, 0.05) is 17.3 Å². The van der Waals surface area contributed by atoms with E-state index < -0.39 is 12.1 Å². The number of fused-ring (bicyclic) bond motifs is 1. The van der Waals surface area contributed by atoms with Gasteiger partial charge < -0.3 is 10.2 Å². The van der Waals surface area contributed by atoms with E-state index in [0.717, 1.165) is 0 Å². The summed E-state index contributed by atoms with van der Waals surface area (Å²) in [5.41, 5.74) is 0.522. The molecule has 9 nitrogen and oxygen atoms in total. The number of aromatic nitrogens is 6. The van der Waals surface area contributed by atoms with Crippen LogP contribution < -0.4 is 0 Å². The smallest absolute Gasteiger partial charge is 0.338 e. The Morgan fingerprint density at radius 1 is 1.50 bits per heavy atom. The molecule has 0 amide bonds. The molecular weight excluding hydrogens is 288 g/mol. The quantitative estimate of drug-likeness (QED) is 0.633. The topological polar surface area (TPSA) is 129 Å². The number of hydrogen-bond acceptors (Lipinski definition) is 6. The summed E-state index contributed by atoms with van der Waals surface area (Å²) in [6.07, 6.45) is -0.268. The van der Waals surface area contributed by atoms with Gasteiger partial charge in [0.25, 0.3) is 0 Å². The molecule has 0 aliphatic rings. The van der Waals surface area contributed by atoms with E-state index in [4.69, 9.17) is 16.7 Å². The van der Waals surface area contributed by atoms with Crippen molar-refractivity contribution < 1.29 is 15.0 Å². The van der Waals surface area contributed by atoms with Crippen LogP contribution in [0.1, 0.15) is 11.8 Å². The van der Waals surface area contributed by atoms with Crippen molar-refractivity contribution in [1.29, 1.82) is 0 Å². The van der Waals surface area contributed by atoms with Crippen LogP contribution in [0, 0.1) is 0 Å². The molecule has 1 unspecified atom stereocenters. The zero-order valence-electron chi connectivity index (χ0n) is 9.73. The van der Waals surface area contributed by atoms with Crippen molar-refractivity contribution in [3.63, 3.8) is 0 Å². The second-order valence-corrected chi connectivity index (χ2v) is 4.33. The van der Waals surface area contributed by atoms with Gasteiger partial charge in [0.1, 0.15) is 11.3 Å². The fraction of sp³-hybridized carbons (Fsp3) is 0.100. The summed E-state index contributed by atoms with van der Waals surface area (Å²) >= 11 is 5.87. The van der Waals surface area contributed by atoms with Crippen LogP contribution in [0.3, 0.4) is 0 Å². The van der Waals surface area contributed by atoms with Crippen LogP contribution in [0.2, 0.25) is 5.02 Å². The normalized spacial score (nSPS) is 12.7. The van der Waals surface area contributed by atoms with E-state index in [0.29, 0.717) is 10.7 Å². The number of aliphatic hydroxyl groups excluding tert-OH is 1. The van der Waals surface area contributed by atoms with Crippen LogP contribution in [-0.4, -0.2) is 46.2 Å². The minimum Gasteiger partial charge on any atom is -0.479 e. The predicted octanol–water partition coefficient (Wildman–Crippen LogP) is 0.286. The molecule has 0 radical (unpaired) electrons. The summed E-state index contributed by atoms with van der Waals surface area (Å²) in [5, 5.41) is 32.4. The fourth-order valence-corrected chi connectivity index (χ4v) is 2.00. The largest absolute Gasteiger partial charge is 0.479 e. The molecule has 3 aromatic rings. The minimum absolute atomic E-state index is 0.0329. The maximum atomic E-state index is 11.0. The second kappa shape index (κ2) is 4.54. The number of carboxylic acid groups (broad SMARTS) is 1. The molecule has 0 aromatic carbocycles. The van der Waals surface area contributed by atoms with Crippen molar-refractivity contribution >= 4 is 23.2 Å². The highest BCUT2D eigenvalue weighted by Crippen LogP contribution is 2.27. The Morgan fingerprint density at radius 2 is 2.30 bits per heavy atom. The van der Waals surface area contributed by atoms with E-state index >= 15 is 0 Å². The van der Waals surface area contributed by atoms with Crippen LogP contribution in [0.5, 0.6) is 0 Å². The number of nitrogens with zero attached hydrogens (tertiary/aromatic N) is 5. The number of carbonyl (C=O) groups is 1. The van der Waals surface area contributed by atoms with Gasteiger partial charge in [-0.05, 0) is 11.3 Å². The van der Waals surface area contributed by atoms with Gasteiger partial charge in [0.05, 0.1) is 5.69 Å². The number of rotatable bonds is 3. The number of pyridine rings is 1. The Balaban J connectivity index is 2.32. The van der Waals surface area contributed by atoms with E-state index in [9.17, 15) is 9.90 Å². The molecule has 102 valence electrons. The number of nitrogens with one attached hydrogen (secondary N) is 1. The number of aliphatic hydroxyl groups is 1. The van der Waals surface area contributed by atoms with E-state index in [-0.39, 0.29) is 17.2 Å². The van der Waals surface area contributed by atoms with Gasteiger partial charge in [-0.25, -0.2) is 9.78 Å². The minimum atomic E-state index is -1.78. The highest BCUT2D eigenvalue weighted by molar-refractivity contribution is 6.30. The molecule has 0 aliphatic heterocycles. The molecule has 3 heterocycles. The van der Waals surface area contributed by atoms with Gasteiger partial charge in [-0.3, -0.25) is 4.40 Å². The third kappa shape index (κ3) is 1.89. The van der Waals surface area contributed by atoms with Crippen molar-refractivity contribution in [1.82, 2.24) is 30.0 Å². The third-order valence-electron chi connectivity index (χ3n) is 2.68. The standard InChI is InChI=1S/C10H7ClN6O3/c11-4-1-2-17-5(3-4)12-6(9-13-15-16-14-9)7(17)8(18)10(19)20/h1-3,8,18H,(H,19,20)(H,13,14,15,16). The molecular formula is C10H7ClN6O3. The maximum absolute atomic E-state index is 11.0. The van der Waals surface area contributed by atoms with Crippen LogP contribution >= 0.6 is 11.6 Å². The molecule has 0 saturated carbocycles. The van der Waals surface area contributed by atoms with Crippen molar-refractivity contribution in [3.8, 4) is 11.5 Å². The zero-order chi connectivity index (χ0) is 14.3. The summed E-state index contributed by atoms with van der Waals surface area (Å²) < 4.78 is 1.41. The first-order valence-electron chi connectivity index (χ1n) is 5.40. The van der Waals surface area contributed by atoms with Crippen LogP contribution in [0.15, 0.2) is 18.3 Å². The van der Waals surface area contributed by atoms with Gasteiger partial charge >= 0.3 is 5.97 Å². The van der Waals surface area contributed by atoms with Crippen molar-refractivity contribution in [2.45, 2.75) is 6.10 Å². The molecule has 0 saturated heterocycles. The summed E-state index contributed by atoms with van der Waals surface area (Å²) in [6.45, 7) is 0. The molecule has 0 bridgehead atoms. The zero-order valence-corrected chi connectivity index (χ0v) is 10.5. The van der Waals surface area contributed by atoms with Gasteiger partial charge in [-0.2, -0.15) is 5.21 Å². The number of carboxylic acids is 1. The Hall–Kier alpha value is -2.52. The first kappa shape index (κ1) is 12.5. The van der Waals surface area contributed by atoms with Crippen LogP contribution in [0.4, 0.5) is 0 Å². The van der Waals surface area contributed by atoms with Gasteiger partial charge in [0.15, 0.2) is 6.10 Å². The Kier molecular flexibility index (Phi) is 2.84. The van der Waals surface area contributed by atoms with Crippen molar-refractivity contribution in [3.05, 3.63) is 29.0 Å². The average Bonchev–Trinajstić information content (AvgIpc) is 3.03. The Labute approximate surface area is 115 Å². The molecule has 3 rings (SSSR count). The number of imidazole rings is 1. The lowest BCUT2D eigenvalue weighted by molar-refractivity contribution is -0.147. The van der Waals surface area contributed by atoms with E-state index in [2.05, 4.69) is 25.6 Å². The second-order valence-electron chi connectivity index (χ2n) is 3.89. The molecule has 0 fully saturated rings. The lowest BCUT2D eigenvalue weighted by atomic mass is 10.2. The predicted molar refractivity (Wildman–Crippen MR) is 66.0 cm³/mol. The number of aromatic amines is 1. The molecule has 1 atom stereocenters. The van der Waals surface area contributed by atoms with E-state index in [1.807, 2.05) is 0 Å². The first-order chi connectivity index (χ1) is 9.58. The summed E-state index contributed by atoms with van der Waals surface area (Å²) in [6, 6.07) is 3.08. The lowest BCUT2D eigenvalue weighted by Gasteiger charge is -2.06. The number of H-pyrrole nitrogens is 1. The molecule has 3 aromatic heterocycles. The van der Waals surface area contributed by atoms with Gasteiger partial charge in [0.2, 0.25) is 5.82 Å². The first-order valence-corrected chi connectivity index (χ1v) is 5.78. The lowest BCUT2D eigenvalue weighted by Crippen LogP contribution is -2.14. The monoisotopic (exact) mass is 294 g/mol. The number of hydrogen-bond donors (Lipinski definition) is 3. The molecule has 20 heavy (non-hydrogen) atoms. The third-order valence-corrected chi connectivity index (χ3v) is 2.91. The van der Waals surface area contributed by atoms with Gasteiger partial charge in [-0.1, -0.05) is 11.6 Å². The summed E-state index contributed by atoms with van der Waals surface area (Å²) in [5.74, 6) is -1.33. The molecule has 0 aliphatic carbocycles. The summed E-state index contributed by atoms with van der Waals surface area (Å²) in [4.78, 5) is 15.2. The van der Waals surface area contributed by atoms with E-state index in [1.165, 1.54) is 16.7 Å². The average molecular weight is 295 g/mol. The highest BCUT2D eigenvalue weighted by atomic mass is 35.5. The highest BCUT2D eigenvalue weighted by Gasteiger charge is 2.28. The summed E-state index contributed by atoms with van der Waals surface area (Å²) in [7, 11) is 0. The number of halogens is 1. The Morgan fingerprint density at radius 3 is 2.95 bits per heavy atom. The van der Waals surface area contributed by atoms with Crippen molar-refractivity contribution in [2.24, 2.45) is 0 Å². The van der Waals surface area contributed by atoms with Crippen LogP contribution in [0.25, 0.3) is 17.2 Å².